The maximum atomic E-state index is 14.0. The molecule has 5 nitrogen and oxygen atoms in total. The number of carbonyl (C=O) groups excluding carboxylic acids is 1. The van der Waals surface area contributed by atoms with Gasteiger partial charge < -0.3 is 4.74 Å². The molecule has 0 atom stereocenters. The second kappa shape index (κ2) is 4.49. The van der Waals surface area contributed by atoms with Crippen LogP contribution in [0.4, 0.5) is 8.78 Å². The molecular formula is C12H13F2NO4S. The third-order valence-corrected chi connectivity index (χ3v) is 5.08. The zero-order valence-electron chi connectivity index (χ0n) is 11.1. The van der Waals surface area contributed by atoms with Crippen LogP contribution < -0.4 is 0 Å². The Kier molecular flexibility index (Phi) is 3.34. The summed E-state index contributed by atoms with van der Waals surface area (Å²) in [6.07, 6.45) is 0. The normalized spacial score (nSPS) is 20.2. The fourth-order valence-corrected chi connectivity index (χ4v) is 3.61. The molecule has 0 aromatic heterocycles. The number of hydrogen-bond acceptors (Lipinski definition) is 4. The van der Waals surface area contributed by atoms with Crippen LogP contribution in [0.1, 0.15) is 21.5 Å². The molecule has 0 fully saturated rings. The molecule has 2 rings (SSSR count). The van der Waals surface area contributed by atoms with Gasteiger partial charge in [0.25, 0.3) is 5.92 Å². The van der Waals surface area contributed by atoms with Crippen LogP contribution in [0.25, 0.3) is 0 Å². The Morgan fingerprint density at radius 2 is 2.00 bits per heavy atom. The van der Waals surface area contributed by atoms with Crippen molar-refractivity contribution in [2.75, 3.05) is 20.7 Å². The first-order valence-corrected chi connectivity index (χ1v) is 7.13. The van der Waals surface area contributed by atoms with E-state index in [-0.39, 0.29) is 11.1 Å². The Hall–Kier alpha value is -1.54. The summed E-state index contributed by atoms with van der Waals surface area (Å²) in [6, 6.07) is 1.99. The van der Waals surface area contributed by atoms with E-state index < -0.39 is 38.9 Å². The van der Waals surface area contributed by atoms with Gasteiger partial charge in [-0.15, -0.1) is 0 Å². The molecule has 0 aliphatic carbocycles. The zero-order valence-corrected chi connectivity index (χ0v) is 11.9. The van der Waals surface area contributed by atoms with Crippen LogP contribution in [0.2, 0.25) is 0 Å². The van der Waals surface area contributed by atoms with Gasteiger partial charge in [-0.05, 0) is 24.6 Å². The Morgan fingerprint density at radius 3 is 2.55 bits per heavy atom. The summed E-state index contributed by atoms with van der Waals surface area (Å²) in [5.74, 6) is -4.14. The molecular weight excluding hydrogens is 292 g/mol. The zero-order chi connectivity index (χ0) is 15.3. The number of methoxy groups -OCH3 is 1. The monoisotopic (exact) mass is 305 g/mol. The summed E-state index contributed by atoms with van der Waals surface area (Å²) in [5, 5.41) is 0. The maximum Gasteiger partial charge on any atom is 0.338 e. The first kappa shape index (κ1) is 14.9. The first-order valence-electron chi connectivity index (χ1n) is 5.69. The van der Waals surface area contributed by atoms with E-state index in [1.54, 1.807) is 0 Å². The Bertz CT molecular complexity index is 685. The molecule has 0 unspecified atom stereocenters. The minimum absolute atomic E-state index is 0.0642. The van der Waals surface area contributed by atoms with Gasteiger partial charge in [0.05, 0.1) is 24.1 Å². The number of ether oxygens (including phenoxy) is 1. The number of sulfonamides is 1. The van der Waals surface area contributed by atoms with E-state index in [4.69, 9.17) is 0 Å². The highest BCUT2D eigenvalue weighted by Crippen LogP contribution is 2.40. The molecule has 0 spiro atoms. The van der Waals surface area contributed by atoms with E-state index in [2.05, 4.69) is 4.74 Å². The smallest absolute Gasteiger partial charge is 0.338 e. The van der Waals surface area contributed by atoms with E-state index in [0.29, 0.717) is 4.31 Å². The molecule has 0 saturated heterocycles. The quantitative estimate of drug-likeness (QED) is 0.738. The van der Waals surface area contributed by atoms with E-state index >= 15 is 0 Å². The van der Waals surface area contributed by atoms with Gasteiger partial charge in [-0.2, -0.15) is 13.1 Å². The summed E-state index contributed by atoms with van der Waals surface area (Å²) in [6.45, 7) is 0.515. The highest BCUT2D eigenvalue weighted by molar-refractivity contribution is 7.89. The molecule has 1 aromatic rings. The SMILES string of the molecule is COC(=O)c1cc2c(cc1C)S(=O)(=O)N(C)CC2(F)F. The molecule has 1 aliphatic heterocycles. The van der Waals surface area contributed by atoms with Gasteiger partial charge in [-0.25, -0.2) is 13.2 Å². The van der Waals surface area contributed by atoms with Gasteiger partial charge in [0.15, 0.2) is 0 Å². The lowest BCUT2D eigenvalue weighted by atomic mass is 10.0. The summed E-state index contributed by atoms with van der Waals surface area (Å²) in [4.78, 5) is 11.1. The Labute approximate surface area is 115 Å². The average molecular weight is 305 g/mol. The van der Waals surface area contributed by atoms with E-state index in [0.717, 1.165) is 26.3 Å². The molecule has 1 aromatic carbocycles. The van der Waals surface area contributed by atoms with Crippen LogP contribution >= 0.6 is 0 Å². The van der Waals surface area contributed by atoms with Gasteiger partial charge >= 0.3 is 5.97 Å². The van der Waals surface area contributed by atoms with Gasteiger partial charge in [-0.1, -0.05) is 0 Å². The predicted octanol–water partition coefficient (Wildman–Crippen LogP) is 1.51. The molecule has 20 heavy (non-hydrogen) atoms. The molecule has 110 valence electrons. The Morgan fingerprint density at radius 1 is 1.40 bits per heavy atom. The van der Waals surface area contributed by atoms with Crippen LogP contribution in [0.5, 0.6) is 0 Å². The number of fused-ring (bicyclic) bond motifs is 1. The van der Waals surface area contributed by atoms with Crippen molar-refractivity contribution in [3.05, 3.63) is 28.8 Å². The summed E-state index contributed by atoms with van der Waals surface area (Å²) in [5.41, 5.74) is -0.461. The standard InChI is InChI=1S/C12H13F2NO4S/c1-7-4-10-9(5-8(7)11(16)19-3)12(13,14)6-15(2)20(10,17)18/h4-5H,6H2,1-3H3. The minimum Gasteiger partial charge on any atom is -0.465 e. The number of benzene rings is 1. The van der Waals surface area contributed by atoms with E-state index in [9.17, 15) is 22.0 Å². The van der Waals surface area contributed by atoms with E-state index in [1.807, 2.05) is 0 Å². The first-order chi connectivity index (χ1) is 9.11. The predicted molar refractivity (Wildman–Crippen MR) is 66.2 cm³/mol. The molecule has 0 radical (unpaired) electrons. The van der Waals surface area contributed by atoms with Gasteiger partial charge in [0.2, 0.25) is 10.0 Å². The van der Waals surface area contributed by atoms with Crippen LogP contribution in [0, 0.1) is 6.92 Å². The van der Waals surface area contributed by atoms with Crippen molar-refractivity contribution in [3.8, 4) is 0 Å². The van der Waals surface area contributed by atoms with Crippen molar-refractivity contribution >= 4 is 16.0 Å². The largest absolute Gasteiger partial charge is 0.465 e. The molecule has 0 amide bonds. The van der Waals surface area contributed by atoms with Crippen LogP contribution in [-0.2, 0) is 20.7 Å². The highest BCUT2D eigenvalue weighted by Gasteiger charge is 2.46. The number of hydrogen-bond donors (Lipinski definition) is 0. The fourth-order valence-electron chi connectivity index (χ4n) is 2.13. The van der Waals surface area contributed by atoms with Crippen molar-refractivity contribution in [2.24, 2.45) is 0 Å². The lowest BCUT2D eigenvalue weighted by molar-refractivity contribution is -0.0244. The number of rotatable bonds is 1. The fraction of sp³-hybridized carbons (Fsp3) is 0.417. The van der Waals surface area contributed by atoms with Crippen molar-refractivity contribution in [1.29, 1.82) is 0 Å². The number of alkyl halides is 2. The molecule has 8 heteroatoms. The topological polar surface area (TPSA) is 63.7 Å². The van der Waals surface area contributed by atoms with Gasteiger partial charge in [0.1, 0.15) is 0 Å². The van der Waals surface area contributed by atoms with E-state index in [1.165, 1.54) is 6.92 Å². The number of carbonyl (C=O) groups is 1. The van der Waals surface area contributed by atoms with Crippen LogP contribution in [0.15, 0.2) is 17.0 Å². The van der Waals surface area contributed by atoms with Crippen LogP contribution in [-0.4, -0.2) is 39.4 Å². The molecule has 0 saturated carbocycles. The van der Waals surface area contributed by atoms with Gasteiger partial charge in [0, 0.05) is 12.6 Å². The lowest BCUT2D eigenvalue weighted by Gasteiger charge is -2.31. The highest BCUT2D eigenvalue weighted by atomic mass is 32.2. The van der Waals surface area contributed by atoms with Crippen molar-refractivity contribution < 1.29 is 26.7 Å². The lowest BCUT2D eigenvalue weighted by Crippen LogP contribution is -2.43. The Balaban J connectivity index is 2.78. The van der Waals surface area contributed by atoms with Gasteiger partial charge in [-0.3, -0.25) is 0 Å². The summed E-state index contributed by atoms with van der Waals surface area (Å²) in [7, 11) is -1.74. The number of esters is 1. The minimum atomic E-state index is -3.96. The van der Waals surface area contributed by atoms with Crippen LogP contribution in [0.3, 0.4) is 0 Å². The molecule has 0 bridgehead atoms. The second-order valence-corrected chi connectivity index (χ2v) is 6.63. The molecule has 1 heterocycles. The maximum absolute atomic E-state index is 14.0. The molecule has 0 N–H and O–H groups in total. The summed E-state index contributed by atoms with van der Waals surface area (Å²) < 4.78 is 57.3. The van der Waals surface area contributed by atoms with Crippen molar-refractivity contribution in [3.63, 3.8) is 0 Å². The second-order valence-electron chi connectivity index (χ2n) is 4.62. The third-order valence-electron chi connectivity index (χ3n) is 3.24. The number of aryl methyl sites for hydroxylation is 1. The van der Waals surface area contributed by atoms with Crippen molar-refractivity contribution in [1.82, 2.24) is 4.31 Å². The number of nitrogens with zero attached hydrogens (tertiary/aromatic N) is 1. The summed E-state index contributed by atoms with van der Waals surface area (Å²) >= 11 is 0. The average Bonchev–Trinajstić information content (AvgIpc) is 2.35. The third kappa shape index (κ3) is 2.08. The molecule has 1 aliphatic rings. The van der Waals surface area contributed by atoms with Crippen molar-refractivity contribution in [2.45, 2.75) is 17.7 Å². The number of halogens is 2. The number of likely N-dealkylation sites (N-methyl/N-ethyl adjacent to an activating group) is 1.